The van der Waals surface area contributed by atoms with Gasteiger partial charge >= 0.3 is 6.03 Å². The second-order valence-corrected chi connectivity index (χ2v) is 4.92. The summed E-state index contributed by atoms with van der Waals surface area (Å²) in [6, 6.07) is 5.21. The van der Waals surface area contributed by atoms with Gasteiger partial charge in [0.15, 0.2) is 0 Å². The molecule has 0 aliphatic carbocycles. The minimum atomic E-state index is -0.216. The molecule has 0 unspecified atom stereocenters. The molecule has 2 N–H and O–H groups in total. The Balaban J connectivity index is 1.80. The summed E-state index contributed by atoms with van der Waals surface area (Å²) in [4.78, 5) is 11.9. The average Bonchev–Trinajstić information content (AvgIpc) is 3.00. The Bertz CT molecular complexity index is 547. The molecule has 0 aromatic carbocycles. The number of hydrogen-bond donors (Lipinski definition) is 2. The van der Waals surface area contributed by atoms with E-state index < -0.39 is 0 Å². The quantitative estimate of drug-likeness (QED) is 0.879. The highest BCUT2D eigenvalue weighted by Gasteiger charge is 2.14. The number of nitrogens with zero attached hydrogens (tertiary/aromatic N) is 2. The maximum absolute atomic E-state index is 11.9. The highest BCUT2D eigenvalue weighted by molar-refractivity contribution is 5.74. The third-order valence-electron chi connectivity index (χ3n) is 2.93. The highest BCUT2D eigenvalue weighted by atomic mass is 16.3. The van der Waals surface area contributed by atoms with Crippen LogP contribution in [0.15, 0.2) is 35.0 Å². The summed E-state index contributed by atoms with van der Waals surface area (Å²) in [6.45, 7) is 6.33. The maximum atomic E-state index is 11.9. The van der Waals surface area contributed by atoms with Gasteiger partial charge in [-0.15, -0.1) is 0 Å². The van der Waals surface area contributed by atoms with Crippen molar-refractivity contribution in [1.29, 1.82) is 0 Å². The fourth-order valence-electron chi connectivity index (χ4n) is 1.95. The fourth-order valence-corrected chi connectivity index (χ4v) is 1.95. The molecule has 2 rings (SSSR count). The summed E-state index contributed by atoms with van der Waals surface area (Å²) in [5.74, 6) is 1.58. The van der Waals surface area contributed by atoms with Crippen LogP contribution in [-0.2, 0) is 6.54 Å². The minimum absolute atomic E-state index is 0.0135. The molecule has 2 heterocycles. The third kappa shape index (κ3) is 3.88. The lowest BCUT2D eigenvalue weighted by molar-refractivity contribution is 0.231. The van der Waals surface area contributed by atoms with E-state index in [0.717, 1.165) is 11.5 Å². The summed E-state index contributed by atoms with van der Waals surface area (Å²) in [5, 5.41) is 9.82. The van der Waals surface area contributed by atoms with Gasteiger partial charge < -0.3 is 15.1 Å². The summed E-state index contributed by atoms with van der Waals surface area (Å²) in [7, 11) is 0. The van der Waals surface area contributed by atoms with Crippen molar-refractivity contribution < 1.29 is 9.21 Å². The van der Waals surface area contributed by atoms with Crippen molar-refractivity contribution in [2.24, 2.45) is 0 Å². The van der Waals surface area contributed by atoms with E-state index in [1.807, 2.05) is 45.2 Å². The second kappa shape index (κ2) is 6.27. The van der Waals surface area contributed by atoms with Gasteiger partial charge in [-0.3, -0.25) is 4.68 Å². The Morgan fingerprint density at radius 2 is 2.20 bits per heavy atom. The Hall–Kier alpha value is -2.24. The molecular weight excluding hydrogens is 256 g/mol. The summed E-state index contributed by atoms with van der Waals surface area (Å²) in [5.41, 5.74) is 0. The zero-order valence-electron chi connectivity index (χ0n) is 12.0. The molecule has 2 aromatic heterocycles. The Morgan fingerprint density at radius 3 is 2.80 bits per heavy atom. The SMILES string of the molecule is Cc1ccc([C@@H](C)NC(=O)N[C@H](C)Cn2cccn2)o1. The van der Waals surface area contributed by atoms with Crippen LogP contribution in [0.3, 0.4) is 0 Å². The van der Waals surface area contributed by atoms with Crippen LogP contribution in [0.4, 0.5) is 4.79 Å². The standard InChI is InChI=1S/C14H20N4O2/c1-10(9-18-8-4-7-15-18)16-14(19)17-12(3)13-6-5-11(2)20-13/h4-8,10,12H,9H2,1-3H3,(H2,16,17,19)/t10-,12-/m1/s1. The number of furan rings is 1. The first-order chi connectivity index (χ1) is 9.54. The van der Waals surface area contributed by atoms with Crippen molar-refractivity contribution in [2.45, 2.75) is 39.4 Å². The van der Waals surface area contributed by atoms with Crippen LogP contribution in [0.25, 0.3) is 0 Å². The van der Waals surface area contributed by atoms with Crippen molar-refractivity contribution in [3.05, 3.63) is 42.1 Å². The van der Waals surface area contributed by atoms with Gasteiger partial charge in [0.1, 0.15) is 11.5 Å². The first kappa shape index (κ1) is 14.2. The van der Waals surface area contributed by atoms with E-state index in [-0.39, 0.29) is 18.1 Å². The van der Waals surface area contributed by atoms with E-state index in [2.05, 4.69) is 15.7 Å². The number of aromatic nitrogens is 2. The molecule has 0 radical (unpaired) electrons. The summed E-state index contributed by atoms with van der Waals surface area (Å²) >= 11 is 0. The molecule has 0 aliphatic rings. The number of aryl methyl sites for hydroxylation is 1. The molecule has 0 saturated carbocycles. The van der Waals surface area contributed by atoms with Gasteiger partial charge in [-0.05, 0) is 39.0 Å². The van der Waals surface area contributed by atoms with Crippen LogP contribution >= 0.6 is 0 Å². The van der Waals surface area contributed by atoms with E-state index in [1.165, 1.54) is 0 Å². The molecule has 6 heteroatoms. The van der Waals surface area contributed by atoms with Crippen LogP contribution in [0.5, 0.6) is 0 Å². The van der Waals surface area contributed by atoms with Crippen molar-refractivity contribution in [3.8, 4) is 0 Å². The van der Waals surface area contributed by atoms with E-state index in [9.17, 15) is 4.79 Å². The molecule has 2 atom stereocenters. The number of carbonyl (C=O) groups is 1. The van der Waals surface area contributed by atoms with Crippen LogP contribution in [0, 0.1) is 6.92 Å². The van der Waals surface area contributed by atoms with Gasteiger partial charge in [-0.25, -0.2) is 4.79 Å². The number of hydrogen-bond acceptors (Lipinski definition) is 3. The Labute approximate surface area is 118 Å². The van der Waals surface area contributed by atoms with Crippen LogP contribution < -0.4 is 10.6 Å². The molecule has 2 aromatic rings. The average molecular weight is 276 g/mol. The Kier molecular flexibility index (Phi) is 4.45. The van der Waals surface area contributed by atoms with Gasteiger partial charge in [-0.2, -0.15) is 5.10 Å². The largest absolute Gasteiger partial charge is 0.464 e. The monoisotopic (exact) mass is 276 g/mol. The van der Waals surface area contributed by atoms with E-state index >= 15 is 0 Å². The van der Waals surface area contributed by atoms with Gasteiger partial charge in [-0.1, -0.05) is 0 Å². The minimum Gasteiger partial charge on any atom is -0.464 e. The summed E-state index contributed by atoms with van der Waals surface area (Å²) < 4.78 is 7.26. The number of amides is 2. The number of urea groups is 1. The van der Waals surface area contributed by atoms with Gasteiger partial charge in [0.05, 0.1) is 12.6 Å². The van der Waals surface area contributed by atoms with Crippen LogP contribution in [0.2, 0.25) is 0 Å². The lowest BCUT2D eigenvalue weighted by atomic mass is 10.2. The highest BCUT2D eigenvalue weighted by Crippen LogP contribution is 2.15. The van der Waals surface area contributed by atoms with Crippen molar-refractivity contribution in [1.82, 2.24) is 20.4 Å². The molecule has 108 valence electrons. The van der Waals surface area contributed by atoms with Crippen molar-refractivity contribution in [2.75, 3.05) is 0 Å². The zero-order valence-corrected chi connectivity index (χ0v) is 12.0. The number of rotatable bonds is 5. The topological polar surface area (TPSA) is 72.1 Å². The second-order valence-electron chi connectivity index (χ2n) is 4.92. The molecule has 0 aliphatic heterocycles. The van der Waals surface area contributed by atoms with Gasteiger partial charge in [0.25, 0.3) is 0 Å². The predicted octanol–water partition coefficient (Wildman–Crippen LogP) is 2.23. The lowest BCUT2D eigenvalue weighted by Crippen LogP contribution is -2.43. The molecule has 2 amide bonds. The fraction of sp³-hybridized carbons (Fsp3) is 0.429. The number of nitrogens with one attached hydrogen (secondary N) is 2. The predicted molar refractivity (Wildman–Crippen MR) is 75.2 cm³/mol. The number of carbonyl (C=O) groups excluding carboxylic acids is 1. The van der Waals surface area contributed by atoms with E-state index in [0.29, 0.717) is 6.54 Å². The molecule has 6 nitrogen and oxygen atoms in total. The third-order valence-corrected chi connectivity index (χ3v) is 2.93. The Morgan fingerprint density at radius 1 is 1.40 bits per heavy atom. The first-order valence-electron chi connectivity index (χ1n) is 6.65. The van der Waals surface area contributed by atoms with Gasteiger partial charge in [0.2, 0.25) is 0 Å². The molecule has 0 bridgehead atoms. The van der Waals surface area contributed by atoms with E-state index in [1.54, 1.807) is 10.9 Å². The van der Waals surface area contributed by atoms with E-state index in [4.69, 9.17) is 4.42 Å². The smallest absolute Gasteiger partial charge is 0.315 e. The van der Waals surface area contributed by atoms with Crippen LogP contribution in [-0.4, -0.2) is 21.9 Å². The normalized spacial score (nSPS) is 13.8. The molecule has 0 spiro atoms. The zero-order chi connectivity index (χ0) is 14.5. The first-order valence-corrected chi connectivity index (χ1v) is 6.65. The molecule has 20 heavy (non-hydrogen) atoms. The molecule has 0 fully saturated rings. The maximum Gasteiger partial charge on any atom is 0.315 e. The van der Waals surface area contributed by atoms with Crippen molar-refractivity contribution >= 4 is 6.03 Å². The molecular formula is C14H20N4O2. The van der Waals surface area contributed by atoms with Crippen LogP contribution in [0.1, 0.15) is 31.4 Å². The summed E-state index contributed by atoms with van der Waals surface area (Å²) in [6.07, 6.45) is 3.58. The lowest BCUT2D eigenvalue weighted by Gasteiger charge is -2.17. The van der Waals surface area contributed by atoms with Crippen molar-refractivity contribution in [3.63, 3.8) is 0 Å². The molecule has 0 saturated heterocycles. The van der Waals surface area contributed by atoms with Gasteiger partial charge in [0, 0.05) is 18.4 Å².